The summed E-state index contributed by atoms with van der Waals surface area (Å²) in [5.74, 6) is -4.36. The highest BCUT2D eigenvalue weighted by Gasteiger charge is 2.47. The fourth-order valence-corrected chi connectivity index (χ4v) is 0.158. The summed E-state index contributed by atoms with van der Waals surface area (Å²) in [7, 11) is 0. The quantitative estimate of drug-likeness (QED) is 0.582. The summed E-state index contributed by atoms with van der Waals surface area (Å²) in [6, 6.07) is 0. The Morgan fingerprint density at radius 3 is 1.78 bits per heavy atom. The lowest BCUT2D eigenvalue weighted by molar-refractivity contribution is -0.134. The summed E-state index contributed by atoms with van der Waals surface area (Å²) >= 11 is 0. The van der Waals surface area contributed by atoms with Gasteiger partial charge in [-0.05, 0) is 6.92 Å². The Hall–Kier alpha value is -0.320. The molecule has 0 rings (SSSR count). The Morgan fingerprint density at radius 1 is 1.44 bits per heavy atom. The Morgan fingerprint density at radius 2 is 1.78 bits per heavy atom. The third-order valence-corrected chi connectivity index (χ3v) is 0.777. The fourth-order valence-electron chi connectivity index (χ4n) is 0.158. The second-order valence-corrected chi connectivity index (χ2v) is 1.56. The molecule has 1 nitrogen and oxygen atoms in total. The van der Waals surface area contributed by atoms with E-state index in [1.165, 1.54) is 0 Å². The van der Waals surface area contributed by atoms with E-state index in [0.29, 0.717) is 6.92 Å². The van der Waals surface area contributed by atoms with Gasteiger partial charge in [0, 0.05) is 0 Å². The molecule has 1 N–H and O–H groups in total. The van der Waals surface area contributed by atoms with E-state index in [0.717, 1.165) is 0 Å². The molecular formula is C4H5F4O. The van der Waals surface area contributed by atoms with Crippen molar-refractivity contribution < 1.29 is 22.7 Å². The van der Waals surface area contributed by atoms with Gasteiger partial charge in [-0.3, -0.25) is 0 Å². The molecule has 5 heteroatoms. The Balaban J connectivity index is 4.01. The number of alkyl halides is 2. The molecule has 1 radical (unpaired) electrons. The van der Waals surface area contributed by atoms with Crippen LogP contribution < -0.4 is 0 Å². The van der Waals surface area contributed by atoms with Gasteiger partial charge >= 0.3 is 12.3 Å². The predicted molar refractivity (Wildman–Crippen MR) is 22.1 cm³/mol. The first-order chi connectivity index (χ1) is 3.89. The molecule has 0 aliphatic rings. The first kappa shape index (κ1) is 8.68. The predicted octanol–water partition coefficient (Wildman–Crippen LogP) is 1.43. The molecule has 0 amide bonds. The molecule has 0 heterocycles. The second kappa shape index (κ2) is 2.51. The van der Waals surface area contributed by atoms with Crippen molar-refractivity contribution >= 4 is 0 Å². The van der Waals surface area contributed by atoms with Gasteiger partial charge in [0.1, 0.15) is 6.10 Å². The van der Waals surface area contributed by atoms with Crippen LogP contribution in [0.4, 0.5) is 17.6 Å². The molecule has 0 bridgehead atoms. The number of aliphatic hydroxyl groups is 1. The minimum atomic E-state index is -4.36. The number of hydrogen-bond acceptors (Lipinski definition) is 1. The number of hydrogen-bond donors (Lipinski definition) is 1. The molecule has 0 aliphatic heterocycles. The van der Waals surface area contributed by atoms with Crippen LogP contribution in [0.25, 0.3) is 0 Å². The summed E-state index contributed by atoms with van der Waals surface area (Å²) in [6.45, 7) is 0.596. The zero-order valence-electron chi connectivity index (χ0n) is 4.54. The highest BCUT2D eigenvalue weighted by molar-refractivity contribution is 4.87. The maximum Gasteiger partial charge on any atom is 0.380 e. The van der Waals surface area contributed by atoms with E-state index in [2.05, 4.69) is 0 Å². The third kappa shape index (κ3) is 1.82. The van der Waals surface area contributed by atoms with Crippen LogP contribution in [0.1, 0.15) is 6.92 Å². The van der Waals surface area contributed by atoms with Crippen molar-refractivity contribution in [2.75, 3.05) is 0 Å². The van der Waals surface area contributed by atoms with E-state index < -0.39 is 18.5 Å². The van der Waals surface area contributed by atoms with Crippen LogP contribution in [0.15, 0.2) is 0 Å². The van der Waals surface area contributed by atoms with E-state index >= 15 is 0 Å². The van der Waals surface area contributed by atoms with Crippen LogP contribution in [-0.4, -0.2) is 17.1 Å². The summed E-state index contributed by atoms with van der Waals surface area (Å²) in [5, 5.41) is 8.00. The molecule has 55 valence electrons. The number of aliphatic hydroxyl groups excluding tert-OH is 1. The summed E-state index contributed by atoms with van der Waals surface area (Å²) in [4.78, 5) is 0. The monoisotopic (exact) mass is 145 g/mol. The van der Waals surface area contributed by atoms with Gasteiger partial charge in [0.2, 0.25) is 0 Å². The van der Waals surface area contributed by atoms with Gasteiger partial charge in [-0.25, -0.2) is 0 Å². The van der Waals surface area contributed by atoms with Gasteiger partial charge in [-0.1, -0.05) is 0 Å². The lowest BCUT2D eigenvalue weighted by Crippen LogP contribution is -2.33. The van der Waals surface area contributed by atoms with Gasteiger partial charge in [0.05, 0.1) is 0 Å². The average molecular weight is 145 g/mol. The minimum Gasteiger partial charge on any atom is -0.387 e. The average Bonchev–Trinajstić information content (AvgIpc) is 1.65. The topological polar surface area (TPSA) is 20.2 Å². The zero-order valence-corrected chi connectivity index (χ0v) is 4.54. The molecule has 0 aromatic rings. The molecule has 1 unspecified atom stereocenters. The van der Waals surface area contributed by atoms with E-state index in [1.807, 2.05) is 0 Å². The lowest BCUT2D eigenvalue weighted by Gasteiger charge is -2.15. The summed E-state index contributed by atoms with van der Waals surface area (Å²) in [5.41, 5.74) is 0. The van der Waals surface area contributed by atoms with Gasteiger partial charge in [-0.15, -0.1) is 0 Å². The van der Waals surface area contributed by atoms with Crippen molar-refractivity contribution in [1.29, 1.82) is 0 Å². The number of rotatable bonds is 2. The first-order valence-electron chi connectivity index (χ1n) is 2.13. The lowest BCUT2D eigenvalue weighted by atomic mass is 10.2. The van der Waals surface area contributed by atoms with Crippen molar-refractivity contribution in [2.24, 2.45) is 0 Å². The van der Waals surface area contributed by atoms with Crippen LogP contribution in [0.5, 0.6) is 0 Å². The van der Waals surface area contributed by atoms with E-state index in [4.69, 9.17) is 5.11 Å². The standard InChI is InChI=1S/C4H5F4O/c1-2(9)4(7,8)3(5)6/h2,9H,1H3. The summed E-state index contributed by atoms with van der Waals surface area (Å²) < 4.78 is 45.4. The minimum absolute atomic E-state index is 0.596. The third-order valence-electron chi connectivity index (χ3n) is 0.777. The summed E-state index contributed by atoms with van der Waals surface area (Å²) in [6.07, 6.45) is -5.39. The Kier molecular flexibility index (Phi) is 2.42. The largest absolute Gasteiger partial charge is 0.387 e. The van der Waals surface area contributed by atoms with Crippen molar-refractivity contribution in [3.8, 4) is 0 Å². The Labute approximate surface area is 49.3 Å². The highest BCUT2D eigenvalue weighted by Crippen LogP contribution is 2.31. The van der Waals surface area contributed by atoms with Crippen LogP contribution in [0, 0.1) is 6.43 Å². The molecule has 1 atom stereocenters. The molecule has 0 spiro atoms. The molecule has 0 saturated carbocycles. The van der Waals surface area contributed by atoms with Crippen LogP contribution in [0.2, 0.25) is 0 Å². The van der Waals surface area contributed by atoms with Crippen molar-refractivity contribution in [1.82, 2.24) is 0 Å². The van der Waals surface area contributed by atoms with Gasteiger partial charge in [0.15, 0.2) is 0 Å². The van der Waals surface area contributed by atoms with Crippen LogP contribution in [0.3, 0.4) is 0 Å². The maximum atomic E-state index is 11.6. The molecule has 9 heavy (non-hydrogen) atoms. The van der Waals surface area contributed by atoms with Crippen LogP contribution in [-0.2, 0) is 0 Å². The normalized spacial score (nSPS) is 16.3. The zero-order chi connectivity index (χ0) is 7.65. The van der Waals surface area contributed by atoms with Crippen molar-refractivity contribution in [3.63, 3.8) is 0 Å². The first-order valence-corrected chi connectivity index (χ1v) is 2.13. The van der Waals surface area contributed by atoms with Crippen molar-refractivity contribution in [3.05, 3.63) is 6.43 Å². The molecule has 0 aliphatic carbocycles. The number of halogens is 4. The van der Waals surface area contributed by atoms with Gasteiger partial charge in [0.25, 0.3) is 0 Å². The highest BCUT2D eigenvalue weighted by atomic mass is 19.3. The Bertz CT molecular complexity index is 80.6. The van der Waals surface area contributed by atoms with Crippen molar-refractivity contribution in [2.45, 2.75) is 19.0 Å². The van der Waals surface area contributed by atoms with E-state index in [-0.39, 0.29) is 0 Å². The molecule has 0 aromatic heterocycles. The van der Waals surface area contributed by atoms with E-state index in [9.17, 15) is 17.6 Å². The smallest absolute Gasteiger partial charge is 0.380 e. The maximum absolute atomic E-state index is 11.6. The second-order valence-electron chi connectivity index (χ2n) is 1.56. The molecule has 0 fully saturated rings. The van der Waals surface area contributed by atoms with Crippen LogP contribution >= 0.6 is 0 Å². The van der Waals surface area contributed by atoms with Gasteiger partial charge in [-0.2, -0.15) is 17.6 Å². The molecule has 0 saturated heterocycles. The van der Waals surface area contributed by atoms with Gasteiger partial charge < -0.3 is 5.11 Å². The molecule has 0 aromatic carbocycles. The SMILES string of the molecule is CC(O)C(F)(F)[C](F)F. The fraction of sp³-hybridized carbons (Fsp3) is 0.750. The molecular weight excluding hydrogens is 140 g/mol. The van der Waals surface area contributed by atoms with E-state index in [1.54, 1.807) is 0 Å².